The first kappa shape index (κ1) is 17.1. The Balaban J connectivity index is 1.39. The van der Waals surface area contributed by atoms with Gasteiger partial charge in [-0.05, 0) is 49.4 Å². The molecule has 4 rings (SSSR count). The Morgan fingerprint density at radius 2 is 1.73 bits per heavy atom. The van der Waals surface area contributed by atoms with Gasteiger partial charge < -0.3 is 15.3 Å². The number of ketones is 1. The molecule has 0 unspecified atom stereocenters. The van der Waals surface area contributed by atoms with Crippen LogP contribution in [0.4, 0.5) is 5.69 Å². The van der Waals surface area contributed by atoms with Crippen LogP contribution in [0.15, 0.2) is 48.5 Å². The third-order valence-electron chi connectivity index (χ3n) is 5.96. The lowest BCUT2D eigenvalue weighted by atomic mass is 9.83. The molecule has 0 aliphatic carbocycles. The van der Waals surface area contributed by atoms with E-state index in [2.05, 4.69) is 10.2 Å². The van der Waals surface area contributed by atoms with Crippen molar-refractivity contribution in [1.82, 2.24) is 4.90 Å². The lowest BCUT2D eigenvalue weighted by Crippen LogP contribution is -2.49. The van der Waals surface area contributed by atoms with E-state index in [0.717, 1.165) is 62.1 Å². The highest BCUT2D eigenvalue weighted by atomic mass is 16.3. The van der Waals surface area contributed by atoms with Crippen molar-refractivity contribution in [2.45, 2.75) is 37.6 Å². The van der Waals surface area contributed by atoms with Crippen LogP contribution in [0.25, 0.3) is 0 Å². The molecule has 2 N–H and O–H groups in total. The number of phenols is 1. The van der Waals surface area contributed by atoms with Gasteiger partial charge in [-0.25, -0.2) is 0 Å². The summed E-state index contributed by atoms with van der Waals surface area (Å²) in [4.78, 5) is 14.9. The van der Waals surface area contributed by atoms with Crippen molar-refractivity contribution in [3.8, 4) is 5.75 Å². The molecular weight excluding hydrogens is 324 g/mol. The summed E-state index contributed by atoms with van der Waals surface area (Å²) < 4.78 is 0. The average molecular weight is 350 g/mol. The Labute approximate surface area is 154 Å². The highest BCUT2D eigenvalue weighted by Gasteiger charge is 2.37. The quantitative estimate of drug-likeness (QED) is 0.883. The van der Waals surface area contributed by atoms with E-state index in [9.17, 15) is 9.90 Å². The van der Waals surface area contributed by atoms with E-state index in [1.807, 2.05) is 42.5 Å². The van der Waals surface area contributed by atoms with E-state index in [1.165, 1.54) is 0 Å². The van der Waals surface area contributed by atoms with E-state index in [1.54, 1.807) is 6.07 Å². The number of carbonyl (C=O) groups excluding carboxylic acids is 1. The second-order valence-electron chi connectivity index (χ2n) is 7.59. The monoisotopic (exact) mass is 350 g/mol. The van der Waals surface area contributed by atoms with E-state index in [4.69, 9.17) is 0 Å². The minimum atomic E-state index is 0.0354. The first-order chi connectivity index (χ1) is 12.7. The fraction of sp³-hybridized carbons (Fsp3) is 0.409. The van der Waals surface area contributed by atoms with E-state index in [0.29, 0.717) is 12.2 Å². The molecule has 0 saturated carbocycles. The van der Waals surface area contributed by atoms with Gasteiger partial charge in [0.05, 0.1) is 0 Å². The van der Waals surface area contributed by atoms with Gasteiger partial charge in [0.25, 0.3) is 0 Å². The van der Waals surface area contributed by atoms with E-state index >= 15 is 0 Å². The van der Waals surface area contributed by atoms with Crippen LogP contribution in [0.1, 0.15) is 41.6 Å². The van der Waals surface area contributed by atoms with Gasteiger partial charge in [0, 0.05) is 42.8 Å². The molecule has 0 aromatic heterocycles. The lowest BCUT2D eigenvalue weighted by Gasteiger charge is -2.42. The Kier molecular flexibility index (Phi) is 4.68. The fourth-order valence-corrected chi connectivity index (χ4v) is 4.25. The smallest absolute Gasteiger partial charge is 0.165 e. The number of anilines is 1. The van der Waals surface area contributed by atoms with Crippen molar-refractivity contribution in [1.29, 1.82) is 0 Å². The van der Waals surface area contributed by atoms with Crippen LogP contribution < -0.4 is 5.32 Å². The van der Waals surface area contributed by atoms with Gasteiger partial charge >= 0.3 is 0 Å². The number of piperidine rings is 1. The maximum Gasteiger partial charge on any atom is 0.165 e. The van der Waals surface area contributed by atoms with Crippen LogP contribution in [-0.2, 0) is 6.42 Å². The molecule has 2 aliphatic rings. The third-order valence-corrected chi connectivity index (χ3v) is 5.96. The number of hydrogen-bond acceptors (Lipinski definition) is 4. The summed E-state index contributed by atoms with van der Waals surface area (Å²) in [5.41, 5.74) is 2.89. The molecule has 2 heterocycles. The van der Waals surface area contributed by atoms with Crippen molar-refractivity contribution in [3.05, 3.63) is 59.7 Å². The molecule has 1 fully saturated rings. The van der Waals surface area contributed by atoms with E-state index in [-0.39, 0.29) is 11.3 Å². The highest BCUT2D eigenvalue weighted by molar-refractivity contribution is 6.02. The average Bonchev–Trinajstić information content (AvgIpc) is 2.80. The van der Waals surface area contributed by atoms with Crippen molar-refractivity contribution < 1.29 is 9.90 Å². The van der Waals surface area contributed by atoms with Crippen molar-refractivity contribution in [2.24, 2.45) is 0 Å². The Hall–Kier alpha value is -2.33. The number of likely N-dealkylation sites (tertiary alicyclic amines) is 1. The Bertz CT molecular complexity index is 794. The predicted octanol–water partition coefficient (Wildman–Crippen LogP) is 3.86. The largest absolute Gasteiger partial charge is 0.508 e. The van der Waals surface area contributed by atoms with Gasteiger partial charge in [-0.3, -0.25) is 4.79 Å². The molecule has 26 heavy (non-hydrogen) atoms. The van der Waals surface area contributed by atoms with Gasteiger partial charge in [-0.2, -0.15) is 0 Å². The summed E-state index contributed by atoms with van der Waals surface area (Å²) in [5, 5.41) is 13.6. The minimum absolute atomic E-state index is 0.0354. The number of Topliss-reactive ketones (excluding diaryl/α,β-unsaturated/α-hetero) is 1. The molecule has 0 atom stereocenters. The molecule has 0 radical (unpaired) electrons. The number of benzene rings is 2. The molecule has 0 bridgehead atoms. The van der Waals surface area contributed by atoms with E-state index < -0.39 is 0 Å². The Morgan fingerprint density at radius 1 is 1.00 bits per heavy atom. The van der Waals surface area contributed by atoms with Crippen LogP contribution >= 0.6 is 0 Å². The zero-order chi connectivity index (χ0) is 18.0. The number of hydrogen-bond donors (Lipinski definition) is 2. The molecule has 2 aromatic rings. The number of carbonyl (C=O) groups is 1. The predicted molar refractivity (Wildman–Crippen MR) is 104 cm³/mol. The van der Waals surface area contributed by atoms with Crippen molar-refractivity contribution in [3.63, 3.8) is 0 Å². The van der Waals surface area contributed by atoms with Gasteiger partial charge in [-0.15, -0.1) is 0 Å². The van der Waals surface area contributed by atoms with Crippen LogP contribution in [0.3, 0.4) is 0 Å². The highest BCUT2D eigenvalue weighted by Crippen LogP contribution is 2.36. The molecule has 136 valence electrons. The second-order valence-corrected chi connectivity index (χ2v) is 7.59. The number of para-hydroxylation sites is 2. The summed E-state index contributed by atoms with van der Waals surface area (Å²) in [6.07, 6.45) is 4.51. The summed E-state index contributed by atoms with van der Waals surface area (Å²) >= 11 is 0. The second kappa shape index (κ2) is 7.12. The van der Waals surface area contributed by atoms with Gasteiger partial charge in [0.1, 0.15) is 5.75 Å². The normalized spacial score (nSPS) is 19.6. The van der Waals surface area contributed by atoms with Crippen molar-refractivity contribution in [2.75, 3.05) is 25.0 Å². The van der Waals surface area contributed by atoms with Crippen molar-refractivity contribution >= 4 is 11.5 Å². The molecule has 2 aromatic carbocycles. The maximum absolute atomic E-state index is 12.4. The summed E-state index contributed by atoms with van der Waals surface area (Å²) in [6.45, 7) is 3.01. The zero-order valence-corrected chi connectivity index (χ0v) is 15.1. The fourth-order valence-electron chi connectivity index (χ4n) is 4.25. The van der Waals surface area contributed by atoms with Crippen LogP contribution in [0.5, 0.6) is 5.75 Å². The maximum atomic E-state index is 12.4. The third kappa shape index (κ3) is 3.47. The minimum Gasteiger partial charge on any atom is -0.508 e. The lowest BCUT2D eigenvalue weighted by molar-refractivity contribution is 0.0965. The zero-order valence-electron chi connectivity index (χ0n) is 15.1. The standard InChI is InChI=1S/C22H26N2O2/c25-20-8-4-1-5-17(20)10-14-24-15-12-22(13-16-24)11-9-21(26)18-6-2-3-7-19(18)23-22/h1-8,23,25H,9-16H2. The number of nitrogens with one attached hydrogen (secondary N) is 1. The van der Waals surface area contributed by atoms with Crippen LogP contribution in [-0.4, -0.2) is 41.0 Å². The van der Waals surface area contributed by atoms with Crippen LogP contribution in [0, 0.1) is 0 Å². The molecular formula is C22H26N2O2. The molecule has 2 aliphatic heterocycles. The molecule has 0 amide bonds. The van der Waals surface area contributed by atoms with Gasteiger partial charge in [-0.1, -0.05) is 30.3 Å². The summed E-state index contributed by atoms with van der Waals surface area (Å²) in [5.74, 6) is 0.647. The molecule has 1 spiro atoms. The molecule has 1 saturated heterocycles. The van der Waals surface area contributed by atoms with Crippen LogP contribution in [0.2, 0.25) is 0 Å². The number of phenolic OH excluding ortho intramolecular Hbond substituents is 1. The topological polar surface area (TPSA) is 52.6 Å². The number of rotatable bonds is 3. The number of nitrogens with zero attached hydrogens (tertiary/aromatic N) is 1. The molecule has 4 nitrogen and oxygen atoms in total. The summed E-state index contributed by atoms with van der Waals surface area (Å²) in [7, 11) is 0. The Morgan fingerprint density at radius 3 is 2.54 bits per heavy atom. The number of aromatic hydroxyl groups is 1. The SMILES string of the molecule is O=C1CCC2(CCN(CCc3ccccc3O)CC2)Nc2ccccc21. The van der Waals surface area contributed by atoms with Gasteiger partial charge in [0.2, 0.25) is 0 Å². The summed E-state index contributed by atoms with van der Waals surface area (Å²) in [6, 6.07) is 15.5. The van der Waals surface area contributed by atoms with Gasteiger partial charge in [0.15, 0.2) is 5.78 Å². The number of fused-ring (bicyclic) bond motifs is 1. The first-order valence-electron chi connectivity index (χ1n) is 9.55. The first-order valence-corrected chi connectivity index (χ1v) is 9.55. The molecule has 4 heteroatoms.